The van der Waals surface area contributed by atoms with Gasteiger partial charge in [-0.1, -0.05) is 25.1 Å². The lowest BCUT2D eigenvalue weighted by Gasteiger charge is -2.41. The fourth-order valence-corrected chi connectivity index (χ4v) is 5.29. The van der Waals surface area contributed by atoms with Gasteiger partial charge in [0.1, 0.15) is 17.2 Å². The number of nitrogens with two attached hydrogens (primary N) is 1. The smallest absolute Gasteiger partial charge is 0.228 e. The Labute approximate surface area is 242 Å². The van der Waals surface area contributed by atoms with Crippen LogP contribution in [-0.4, -0.2) is 66.2 Å². The molecule has 4 aromatic rings. The zero-order chi connectivity index (χ0) is 29.8. The lowest BCUT2D eigenvalue weighted by atomic mass is 10.0. The average Bonchev–Trinajstić information content (AvgIpc) is 3.01. The molecule has 3 heterocycles. The third kappa shape index (κ3) is 5.75. The van der Waals surface area contributed by atoms with Crippen molar-refractivity contribution in [3.05, 3.63) is 77.6 Å². The molecule has 1 fully saturated rings. The van der Waals surface area contributed by atoms with E-state index in [1.54, 1.807) is 29.3 Å². The van der Waals surface area contributed by atoms with Gasteiger partial charge >= 0.3 is 0 Å². The molecular weight excluding hydrogens is 544 g/mol. The van der Waals surface area contributed by atoms with Crippen LogP contribution in [0.15, 0.2) is 54.7 Å². The maximum Gasteiger partial charge on any atom is 0.228 e. The Balaban J connectivity index is 1.46. The Bertz CT molecular complexity index is 1560. The summed E-state index contributed by atoms with van der Waals surface area (Å²) in [5, 5.41) is 3.63. The minimum atomic E-state index is -0.708. The van der Waals surface area contributed by atoms with Crippen LogP contribution in [0.3, 0.4) is 0 Å². The molecule has 10 nitrogen and oxygen atoms in total. The van der Waals surface area contributed by atoms with Gasteiger partial charge in [-0.2, -0.15) is 4.98 Å². The maximum absolute atomic E-state index is 15.5. The van der Waals surface area contributed by atoms with Gasteiger partial charge in [0.15, 0.2) is 17.3 Å². The summed E-state index contributed by atoms with van der Waals surface area (Å²) in [4.78, 5) is 30.9. The molecule has 1 aliphatic heterocycles. The van der Waals surface area contributed by atoms with Gasteiger partial charge in [-0.3, -0.25) is 9.78 Å². The number of hydrogen-bond donors (Lipinski definition) is 2. The number of amides is 1. The first-order valence-electron chi connectivity index (χ1n) is 13.7. The predicted molar refractivity (Wildman–Crippen MR) is 155 cm³/mol. The molecule has 0 saturated carbocycles. The molecular formula is C30H33F2N7O3. The van der Waals surface area contributed by atoms with E-state index in [4.69, 9.17) is 15.2 Å². The van der Waals surface area contributed by atoms with Crippen LogP contribution < -0.4 is 25.4 Å². The lowest BCUT2D eigenvalue weighted by Crippen LogP contribution is -2.51. The molecule has 1 amide bonds. The molecule has 2 aromatic heterocycles. The van der Waals surface area contributed by atoms with Crippen molar-refractivity contribution >= 4 is 28.6 Å². The minimum absolute atomic E-state index is 0.00112. The number of halogens is 2. The summed E-state index contributed by atoms with van der Waals surface area (Å²) in [6.45, 7) is 3.64. The van der Waals surface area contributed by atoms with Crippen LogP contribution >= 0.6 is 0 Å². The number of nitrogen functional groups attached to an aromatic ring is 1. The highest BCUT2D eigenvalue weighted by Gasteiger charge is 2.34. The number of carbonyl (C=O) groups excluding carboxylic acids is 1. The van der Waals surface area contributed by atoms with E-state index in [1.165, 1.54) is 26.4 Å². The van der Waals surface area contributed by atoms with Gasteiger partial charge in [0.05, 0.1) is 26.0 Å². The fraction of sp³-hybridized carbons (Fsp3) is 0.333. The number of methoxy groups -OCH3 is 2. The third-order valence-electron chi connectivity index (χ3n) is 7.41. The van der Waals surface area contributed by atoms with Crippen molar-refractivity contribution in [3.8, 4) is 11.5 Å². The molecule has 220 valence electrons. The molecule has 0 radical (unpaired) electrons. The van der Waals surface area contributed by atoms with Crippen molar-refractivity contribution in [3.63, 3.8) is 0 Å². The van der Waals surface area contributed by atoms with E-state index in [0.29, 0.717) is 37.3 Å². The van der Waals surface area contributed by atoms with E-state index in [9.17, 15) is 9.18 Å². The SMILES string of the molecule is CCN[C@H](CC(=O)N1CCN(c2nc(N)c3cc(OC)c(OC)c(F)c3n2)[C@H](c2ccccn2)C1)c1ccc(F)cc1. The number of pyridine rings is 1. The minimum Gasteiger partial charge on any atom is -0.493 e. The van der Waals surface area contributed by atoms with Crippen LogP contribution in [0.1, 0.15) is 36.7 Å². The summed E-state index contributed by atoms with van der Waals surface area (Å²) in [6.07, 6.45) is 1.87. The standard InChI is InChI=1S/C30H33F2N7O3/c1-4-34-22(18-8-10-19(31)11-9-18)16-25(40)38-13-14-39(23(17-38)21-7-5-6-12-35-21)30-36-27-20(29(33)37-30)15-24(41-2)28(42-3)26(27)32/h5-12,15,22-23,34H,4,13-14,16-17H2,1-3H3,(H2,33,36,37)/t22-,23+/m1/s1. The highest BCUT2D eigenvalue weighted by Crippen LogP contribution is 2.38. The Morgan fingerprint density at radius 2 is 1.90 bits per heavy atom. The van der Waals surface area contributed by atoms with E-state index < -0.39 is 11.9 Å². The number of anilines is 2. The number of piperazine rings is 1. The van der Waals surface area contributed by atoms with Crippen molar-refractivity contribution in [1.82, 2.24) is 25.2 Å². The molecule has 0 unspecified atom stereocenters. The van der Waals surface area contributed by atoms with Crippen LogP contribution in [0.25, 0.3) is 10.9 Å². The number of benzene rings is 2. The molecule has 0 spiro atoms. The van der Waals surface area contributed by atoms with Crippen LogP contribution in [0.2, 0.25) is 0 Å². The van der Waals surface area contributed by atoms with Crippen molar-refractivity contribution in [2.45, 2.75) is 25.4 Å². The molecule has 1 saturated heterocycles. The van der Waals surface area contributed by atoms with Crippen molar-refractivity contribution < 1.29 is 23.0 Å². The third-order valence-corrected chi connectivity index (χ3v) is 7.41. The largest absolute Gasteiger partial charge is 0.493 e. The second kappa shape index (κ2) is 12.5. The van der Waals surface area contributed by atoms with Crippen molar-refractivity contribution in [2.24, 2.45) is 0 Å². The number of nitrogens with one attached hydrogen (secondary N) is 1. The van der Waals surface area contributed by atoms with Crippen LogP contribution in [0, 0.1) is 11.6 Å². The predicted octanol–water partition coefficient (Wildman–Crippen LogP) is 4.03. The zero-order valence-corrected chi connectivity index (χ0v) is 23.7. The number of fused-ring (bicyclic) bond motifs is 1. The topological polar surface area (TPSA) is 119 Å². The van der Waals surface area contributed by atoms with E-state index in [1.807, 2.05) is 30.0 Å². The molecule has 42 heavy (non-hydrogen) atoms. The Hall–Kier alpha value is -4.58. The second-order valence-electron chi connectivity index (χ2n) is 9.90. The van der Waals surface area contributed by atoms with Gasteiger partial charge in [0.2, 0.25) is 11.9 Å². The Morgan fingerprint density at radius 1 is 1.12 bits per heavy atom. The number of nitrogens with zero attached hydrogens (tertiary/aromatic N) is 5. The lowest BCUT2D eigenvalue weighted by molar-refractivity contribution is -0.132. The Morgan fingerprint density at radius 3 is 2.57 bits per heavy atom. The summed E-state index contributed by atoms with van der Waals surface area (Å²) in [5.41, 5.74) is 7.84. The number of hydrogen-bond acceptors (Lipinski definition) is 9. The van der Waals surface area contributed by atoms with E-state index in [2.05, 4.69) is 20.3 Å². The van der Waals surface area contributed by atoms with Crippen LogP contribution in [0.5, 0.6) is 11.5 Å². The second-order valence-corrected chi connectivity index (χ2v) is 9.90. The van der Waals surface area contributed by atoms with Gasteiger partial charge in [-0.15, -0.1) is 0 Å². The number of carbonyl (C=O) groups is 1. The normalized spacial score (nSPS) is 16.0. The fourth-order valence-electron chi connectivity index (χ4n) is 5.29. The first kappa shape index (κ1) is 28.9. The maximum atomic E-state index is 15.5. The highest BCUT2D eigenvalue weighted by atomic mass is 19.1. The molecule has 3 N–H and O–H groups in total. The Kier molecular flexibility index (Phi) is 8.62. The molecule has 2 aromatic carbocycles. The summed E-state index contributed by atoms with van der Waals surface area (Å²) in [5.74, 6) is -0.703. The summed E-state index contributed by atoms with van der Waals surface area (Å²) >= 11 is 0. The zero-order valence-electron chi connectivity index (χ0n) is 23.7. The summed E-state index contributed by atoms with van der Waals surface area (Å²) in [6, 6.07) is 12.6. The first-order chi connectivity index (χ1) is 20.3. The van der Waals surface area contributed by atoms with Gasteiger partial charge in [-0.05, 0) is 42.4 Å². The van der Waals surface area contributed by atoms with Crippen molar-refractivity contribution in [2.75, 3.05) is 51.0 Å². The van der Waals surface area contributed by atoms with Gasteiger partial charge in [0.25, 0.3) is 0 Å². The molecule has 1 aliphatic rings. The van der Waals surface area contributed by atoms with Crippen LogP contribution in [0.4, 0.5) is 20.5 Å². The molecule has 0 aliphatic carbocycles. The summed E-state index contributed by atoms with van der Waals surface area (Å²) in [7, 11) is 2.76. The van der Waals surface area contributed by atoms with E-state index in [0.717, 1.165) is 5.56 Å². The number of rotatable bonds is 9. The molecule has 0 bridgehead atoms. The monoisotopic (exact) mass is 577 g/mol. The van der Waals surface area contributed by atoms with Crippen molar-refractivity contribution in [1.29, 1.82) is 0 Å². The van der Waals surface area contributed by atoms with Gasteiger partial charge < -0.3 is 30.3 Å². The van der Waals surface area contributed by atoms with Crippen LogP contribution in [-0.2, 0) is 4.79 Å². The average molecular weight is 578 g/mol. The van der Waals surface area contributed by atoms with Gasteiger partial charge in [-0.25, -0.2) is 13.8 Å². The quantitative estimate of drug-likeness (QED) is 0.304. The highest BCUT2D eigenvalue weighted by molar-refractivity contribution is 5.92. The van der Waals surface area contributed by atoms with E-state index in [-0.39, 0.29) is 53.0 Å². The first-order valence-corrected chi connectivity index (χ1v) is 13.7. The molecule has 2 atom stereocenters. The summed E-state index contributed by atoms with van der Waals surface area (Å²) < 4.78 is 39.5. The number of ether oxygens (including phenoxy) is 2. The van der Waals surface area contributed by atoms with Gasteiger partial charge in [0, 0.05) is 43.7 Å². The molecule has 5 rings (SSSR count). The van der Waals surface area contributed by atoms with E-state index >= 15 is 4.39 Å². The number of aromatic nitrogens is 3. The molecule has 12 heteroatoms.